The number of rotatable bonds is 5. The van der Waals surface area contributed by atoms with Crippen LogP contribution in [0.4, 0.5) is 5.69 Å². The van der Waals surface area contributed by atoms with Gasteiger partial charge in [0.05, 0.1) is 18.5 Å². The van der Waals surface area contributed by atoms with Crippen molar-refractivity contribution in [3.8, 4) is 5.75 Å². The van der Waals surface area contributed by atoms with Crippen molar-refractivity contribution in [2.45, 2.75) is 19.9 Å². The normalized spacial score (nSPS) is 10.4. The highest BCUT2D eigenvalue weighted by atomic mass is 16.5. The maximum Gasteiger partial charge on any atom is 0.269 e. The smallest absolute Gasteiger partial charge is 0.269 e. The molecule has 0 unspecified atom stereocenters. The van der Waals surface area contributed by atoms with Gasteiger partial charge >= 0.3 is 0 Å². The second kappa shape index (κ2) is 6.30. The lowest BCUT2D eigenvalue weighted by atomic mass is 10.2. The second-order valence-electron chi connectivity index (χ2n) is 4.76. The number of amides is 1. The van der Waals surface area contributed by atoms with Gasteiger partial charge in [-0.3, -0.25) is 9.48 Å². The number of nitrogens with one attached hydrogen (secondary N) is 1. The Bertz CT molecular complexity index is 649. The van der Waals surface area contributed by atoms with Crippen molar-refractivity contribution in [2.75, 3.05) is 12.8 Å². The monoisotopic (exact) mass is 288 g/mol. The van der Waals surface area contributed by atoms with Gasteiger partial charge in [0.2, 0.25) is 0 Å². The molecule has 0 spiro atoms. The van der Waals surface area contributed by atoms with E-state index in [9.17, 15) is 4.79 Å². The third-order valence-electron chi connectivity index (χ3n) is 3.27. The molecular weight excluding hydrogens is 268 g/mol. The van der Waals surface area contributed by atoms with Crippen molar-refractivity contribution in [1.82, 2.24) is 15.1 Å². The largest absolute Gasteiger partial charge is 0.495 e. The van der Waals surface area contributed by atoms with Gasteiger partial charge in [0, 0.05) is 13.6 Å². The fourth-order valence-corrected chi connectivity index (χ4v) is 2.08. The van der Waals surface area contributed by atoms with Crippen molar-refractivity contribution in [3.63, 3.8) is 0 Å². The zero-order valence-electron chi connectivity index (χ0n) is 12.5. The maximum absolute atomic E-state index is 12.1. The van der Waals surface area contributed by atoms with E-state index in [1.165, 1.54) is 0 Å². The van der Waals surface area contributed by atoms with Gasteiger partial charge in [-0.25, -0.2) is 0 Å². The molecule has 1 amide bonds. The fourth-order valence-electron chi connectivity index (χ4n) is 2.08. The molecule has 112 valence electrons. The molecule has 21 heavy (non-hydrogen) atoms. The molecule has 0 aliphatic heterocycles. The van der Waals surface area contributed by atoms with E-state index in [1.807, 2.05) is 13.0 Å². The number of carbonyl (C=O) groups excluding carboxylic acids is 1. The van der Waals surface area contributed by atoms with E-state index in [0.29, 0.717) is 23.7 Å². The molecule has 1 aromatic carbocycles. The molecule has 6 heteroatoms. The highest BCUT2D eigenvalue weighted by Gasteiger charge is 2.12. The van der Waals surface area contributed by atoms with Crippen molar-refractivity contribution in [1.29, 1.82) is 0 Å². The van der Waals surface area contributed by atoms with Crippen molar-refractivity contribution in [2.24, 2.45) is 7.05 Å². The maximum atomic E-state index is 12.1. The van der Waals surface area contributed by atoms with Gasteiger partial charge in [0.1, 0.15) is 11.4 Å². The van der Waals surface area contributed by atoms with Crippen LogP contribution in [0, 0.1) is 0 Å². The van der Waals surface area contributed by atoms with Crippen LogP contribution in [0.5, 0.6) is 5.75 Å². The van der Waals surface area contributed by atoms with Crippen LogP contribution in [0.2, 0.25) is 0 Å². The van der Waals surface area contributed by atoms with Gasteiger partial charge in [0.25, 0.3) is 5.91 Å². The minimum absolute atomic E-state index is 0.154. The zero-order valence-corrected chi connectivity index (χ0v) is 12.5. The van der Waals surface area contributed by atoms with E-state index < -0.39 is 0 Å². The van der Waals surface area contributed by atoms with Crippen LogP contribution < -0.4 is 15.8 Å². The Kier molecular flexibility index (Phi) is 4.47. The van der Waals surface area contributed by atoms with Crippen LogP contribution in [-0.2, 0) is 20.0 Å². The molecule has 0 atom stereocenters. The first-order valence-electron chi connectivity index (χ1n) is 6.78. The van der Waals surface area contributed by atoms with Gasteiger partial charge in [0.15, 0.2) is 0 Å². The number of hydrogen-bond donors (Lipinski definition) is 2. The van der Waals surface area contributed by atoms with E-state index in [1.54, 1.807) is 37.0 Å². The first-order valence-corrected chi connectivity index (χ1v) is 6.78. The molecule has 0 aliphatic carbocycles. The molecule has 2 aromatic rings. The summed E-state index contributed by atoms with van der Waals surface area (Å²) in [6.45, 7) is 2.41. The molecule has 0 fully saturated rings. The lowest BCUT2D eigenvalue weighted by molar-refractivity contribution is 0.0941. The zero-order chi connectivity index (χ0) is 15.4. The second-order valence-corrected chi connectivity index (χ2v) is 4.76. The fraction of sp³-hybridized carbons (Fsp3) is 0.333. The molecule has 3 N–H and O–H groups in total. The molecule has 0 bridgehead atoms. The average Bonchev–Trinajstić information content (AvgIpc) is 2.86. The molecule has 1 aromatic heterocycles. The first-order chi connectivity index (χ1) is 10.0. The summed E-state index contributed by atoms with van der Waals surface area (Å²) in [5.41, 5.74) is 8.76. The topological polar surface area (TPSA) is 82.2 Å². The summed E-state index contributed by atoms with van der Waals surface area (Å²) in [5, 5.41) is 7.12. The van der Waals surface area contributed by atoms with E-state index >= 15 is 0 Å². The number of nitrogens with zero attached hydrogens (tertiary/aromatic N) is 2. The van der Waals surface area contributed by atoms with Crippen LogP contribution >= 0.6 is 0 Å². The number of carbonyl (C=O) groups is 1. The summed E-state index contributed by atoms with van der Waals surface area (Å²) < 4.78 is 6.70. The van der Waals surface area contributed by atoms with Gasteiger partial charge in [-0.2, -0.15) is 5.10 Å². The number of nitrogen functional groups attached to an aromatic ring is 1. The Hall–Kier alpha value is -2.50. The highest BCUT2D eigenvalue weighted by molar-refractivity contribution is 5.92. The van der Waals surface area contributed by atoms with Crippen LogP contribution in [0.3, 0.4) is 0 Å². The SMILES string of the molecule is CCc1cc(C(=O)NCc2ccc(OC)c(N)c2)n(C)n1. The predicted molar refractivity (Wildman–Crippen MR) is 81.2 cm³/mol. The Balaban J connectivity index is 2.03. The Labute approximate surface area is 123 Å². The first kappa shape index (κ1) is 14.9. The number of anilines is 1. The summed E-state index contributed by atoms with van der Waals surface area (Å²) in [7, 11) is 3.33. The molecule has 0 aliphatic rings. The van der Waals surface area contributed by atoms with E-state index in [0.717, 1.165) is 17.7 Å². The van der Waals surface area contributed by atoms with E-state index in [-0.39, 0.29) is 5.91 Å². The van der Waals surface area contributed by atoms with Crippen LogP contribution in [-0.4, -0.2) is 22.8 Å². The lowest BCUT2D eigenvalue weighted by Crippen LogP contribution is -2.25. The Morgan fingerprint density at radius 1 is 1.43 bits per heavy atom. The average molecular weight is 288 g/mol. The van der Waals surface area contributed by atoms with Gasteiger partial charge in [-0.05, 0) is 30.2 Å². The summed E-state index contributed by atoms with van der Waals surface area (Å²) in [5.74, 6) is 0.475. The molecule has 1 heterocycles. The standard InChI is InChI=1S/C15H20N4O2/c1-4-11-8-13(19(2)18-11)15(20)17-9-10-5-6-14(21-3)12(16)7-10/h5-8H,4,9,16H2,1-3H3,(H,17,20). The molecule has 6 nitrogen and oxygen atoms in total. The van der Waals surface area contributed by atoms with Gasteiger partial charge < -0.3 is 15.8 Å². The number of hydrogen-bond acceptors (Lipinski definition) is 4. The molecule has 0 saturated heterocycles. The summed E-state index contributed by atoms with van der Waals surface area (Å²) in [6.07, 6.45) is 0.802. The van der Waals surface area contributed by atoms with Crippen molar-refractivity contribution >= 4 is 11.6 Å². The molecule has 0 saturated carbocycles. The molecular formula is C15H20N4O2. The Morgan fingerprint density at radius 2 is 2.19 bits per heavy atom. The Morgan fingerprint density at radius 3 is 2.76 bits per heavy atom. The van der Waals surface area contributed by atoms with Crippen molar-refractivity contribution < 1.29 is 9.53 Å². The van der Waals surface area contributed by atoms with Gasteiger partial charge in [-0.15, -0.1) is 0 Å². The summed E-state index contributed by atoms with van der Waals surface area (Å²) >= 11 is 0. The number of nitrogens with two attached hydrogens (primary N) is 1. The molecule has 2 rings (SSSR count). The number of methoxy groups -OCH3 is 1. The highest BCUT2D eigenvalue weighted by Crippen LogP contribution is 2.21. The number of aryl methyl sites for hydroxylation is 2. The third-order valence-corrected chi connectivity index (χ3v) is 3.27. The number of aromatic nitrogens is 2. The van der Waals surface area contributed by atoms with Crippen LogP contribution in [0.25, 0.3) is 0 Å². The number of ether oxygens (including phenoxy) is 1. The van der Waals surface area contributed by atoms with Gasteiger partial charge in [-0.1, -0.05) is 13.0 Å². The summed E-state index contributed by atoms with van der Waals surface area (Å²) in [4.78, 5) is 12.1. The van der Waals surface area contributed by atoms with Crippen molar-refractivity contribution in [3.05, 3.63) is 41.2 Å². The van der Waals surface area contributed by atoms with Crippen LogP contribution in [0.1, 0.15) is 28.7 Å². The molecule has 0 radical (unpaired) electrons. The van der Waals surface area contributed by atoms with E-state index in [2.05, 4.69) is 10.4 Å². The quantitative estimate of drug-likeness (QED) is 0.817. The third kappa shape index (κ3) is 3.34. The minimum Gasteiger partial charge on any atom is -0.495 e. The van der Waals surface area contributed by atoms with E-state index in [4.69, 9.17) is 10.5 Å². The van der Waals surface area contributed by atoms with Crippen LogP contribution in [0.15, 0.2) is 24.3 Å². The predicted octanol–water partition coefficient (Wildman–Crippen LogP) is 1.50. The minimum atomic E-state index is -0.154. The number of benzene rings is 1. The lowest BCUT2D eigenvalue weighted by Gasteiger charge is -2.08. The summed E-state index contributed by atoms with van der Waals surface area (Å²) in [6, 6.07) is 7.25.